The highest BCUT2D eigenvalue weighted by molar-refractivity contribution is 6.09. The summed E-state index contributed by atoms with van der Waals surface area (Å²) in [7, 11) is 0. The average molecular weight is 544 g/mol. The Kier molecular flexibility index (Phi) is 5.71. The zero-order valence-corrected chi connectivity index (χ0v) is 22.3. The Bertz CT molecular complexity index is 1600. The van der Waals surface area contributed by atoms with Crippen LogP contribution in [0.4, 0.5) is 20.2 Å². The fourth-order valence-electron chi connectivity index (χ4n) is 6.63. The quantitative estimate of drug-likeness (QED) is 0.307. The molecule has 1 saturated heterocycles. The van der Waals surface area contributed by atoms with E-state index in [9.17, 15) is 18.7 Å². The monoisotopic (exact) mass is 543 g/mol. The van der Waals surface area contributed by atoms with Gasteiger partial charge in [0, 0.05) is 54.3 Å². The SMILES string of the molecule is Cc1ccc(-c2ccc(C3CC3)cn2)cc1NC(=O)c1cnn2ccc(N3CC4(C3)CC(O)(CC(F)F)C4)cc12. The van der Waals surface area contributed by atoms with E-state index in [1.807, 2.05) is 55.7 Å². The number of aliphatic hydroxyl groups is 1. The Morgan fingerprint density at radius 2 is 1.93 bits per heavy atom. The summed E-state index contributed by atoms with van der Waals surface area (Å²) in [5.74, 6) is 0.403. The maximum absolute atomic E-state index is 13.4. The maximum atomic E-state index is 13.4. The molecule has 1 aliphatic heterocycles. The molecular formula is C31H31F2N5O2. The third-order valence-electron chi connectivity index (χ3n) is 8.73. The first-order valence-corrected chi connectivity index (χ1v) is 13.8. The van der Waals surface area contributed by atoms with Gasteiger partial charge in [-0.15, -0.1) is 0 Å². The molecule has 0 radical (unpaired) electrons. The summed E-state index contributed by atoms with van der Waals surface area (Å²) in [4.78, 5) is 20.2. The number of pyridine rings is 2. The van der Waals surface area contributed by atoms with Gasteiger partial charge in [0.25, 0.3) is 5.91 Å². The van der Waals surface area contributed by atoms with Crippen molar-refractivity contribution in [2.75, 3.05) is 23.3 Å². The van der Waals surface area contributed by atoms with E-state index < -0.39 is 18.4 Å². The van der Waals surface area contributed by atoms with Gasteiger partial charge in [-0.05, 0) is 73.9 Å². The second-order valence-electron chi connectivity index (χ2n) is 12.0. The number of nitrogens with one attached hydrogen (secondary N) is 1. The van der Waals surface area contributed by atoms with Crippen LogP contribution >= 0.6 is 0 Å². The molecule has 2 aliphatic carbocycles. The van der Waals surface area contributed by atoms with Crippen molar-refractivity contribution in [1.82, 2.24) is 14.6 Å². The summed E-state index contributed by atoms with van der Waals surface area (Å²) in [5.41, 5.74) is 5.49. The number of hydrogen-bond acceptors (Lipinski definition) is 5. The number of aryl methyl sites for hydroxylation is 1. The molecule has 3 fully saturated rings. The molecule has 3 aliphatic rings. The summed E-state index contributed by atoms with van der Waals surface area (Å²) >= 11 is 0. The summed E-state index contributed by atoms with van der Waals surface area (Å²) in [6.45, 7) is 3.36. The lowest BCUT2D eigenvalue weighted by Gasteiger charge is -2.63. The molecule has 2 N–H and O–H groups in total. The lowest BCUT2D eigenvalue weighted by Crippen LogP contribution is -2.68. The van der Waals surface area contributed by atoms with Crippen molar-refractivity contribution >= 4 is 22.8 Å². The van der Waals surface area contributed by atoms with Gasteiger partial charge in [0.2, 0.25) is 6.43 Å². The molecule has 0 bridgehead atoms. The number of benzene rings is 1. The minimum atomic E-state index is -2.49. The largest absolute Gasteiger partial charge is 0.390 e. The number of fused-ring (bicyclic) bond motifs is 1. The number of halogens is 2. The summed E-state index contributed by atoms with van der Waals surface area (Å²) in [5, 5.41) is 17.8. The first-order valence-electron chi connectivity index (χ1n) is 13.8. The van der Waals surface area contributed by atoms with Gasteiger partial charge in [-0.25, -0.2) is 13.3 Å². The van der Waals surface area contributed by atoms with Crippen molar-refractivity contribution in [2.45, 2.75) is 57.0 Å². The van der Waals surface area contributed by atoms with Crippen LogP contribution in [0.1, 0.15) is 59.5 Å². The van der Waals surface area contributed by atoms with Crippen LogP contribution in [0.25, 0.3) is 16.8 Å². The molecule has 7 nitrogen and oxygen atoms in total. The molecular weight excluding hydrogens is 512 g/mol. The van der Waals surface area contributed by atoms with Crippen molar-refractivity contribution < 1.29 is 18.7 Å². The van der Waals surface area contributed by atoms with Gasteiger partial charge >= 0.3 is 0 Å². The molecule has 7 rings (SSSR count). The Labute approximate surface area is 230 Å². The zero-order chi connectivity index (χ0) is 27.6. The van der Waals surface area contributed by atoms with Crippen molar-refractivity contribution in [3.05, 3.63) is 77.7 Å². The van der Waals surface area contributed by atoms with Gasteiger partial charge < -0.3 is 15.3 Å². The lowest BCUT2D eigenvalue weighted by molar-refractivity contribution is -0.161. The average Bonchev–Trinajstić information content (AvgIpc) is 3.65. The van der Waals surface area contributed by atoms with E-state index in [1.165, 1.54) is 18.4 Å². The van der Waals surface area contributed by atoms with Crippen molar-refractivity contribution in [2.24, 2.45) is 5.41 Å². The van der Waals surface area contributed by atoms with Crippen LogP contribution in [0.2, 0.25) is 0 Å². The molecule has 1 aromatic carbocycles. The summed E-state index contributed by atoms with van der Waals surface area (Å²) in [6, 6.07) is 14.0. The van der Waals surface area contributed by atoms with Crippen molar-refractivity contribution in [1.29, 1.82) is 0 Å². The molecule has 1 amide bonds. The number of nitrogens with zero attached hydrogens (tertiary/aromatic N) is 4. The van der Waals surface area contributed by atoms with Crippen LogP contribution in [-0.2, 0) is 0 Å². The van der Waals surface area contributed by atoms with Crippen molar-refractivity contribution in [3.63, 3.8) is 0 Å². The molecule has 2 saturated carbocycles. The molecule has 4 heterocycles. The van der Waals surface area contributed by atoms with E-state index in [0.29, 0.717) is 42.9 Å². The van der Waals surface area contributed by atoms with E-state index >= 15 is 0 Å². The van der Waals surface area contributed by atoms with Gasteiger partial charge in [-0.3, -0.25) is 9.78 Å². The highest BCUT2D eigenvalue weighted by Gasteiger charge is 2.60. The Morgan fingerprint density at radius 1 is 1.12 bits per heavy atom. The lowest BCUT2D eigenvalue weighted by atomic mass is 9.54. The van der Waals surface area contributed by atoms with E-state index in [0.717, 1.165) is 28.2 Å². The zero-order valence-electron chi connectivity index (χ0n) is 22.3. The Hall–Kier alpha value is -3.85. The van der Waals surface area contributed by atoms with E-state index in [2.05, 4.69) is 26.4 Å². The van der Waals surface area contributed by atoms with E-state index in [-0.39, 0.29) is 11.3 Å². The van der Waals surface area contributed by atoms with Crippen LogP contribution < -0.4 is 10.2 Å². The number of carbonyl (C=O) groups excluding carboxylic acids is 1. The number of alkyl halides is 2. The van der Waals surface area contributed by atoms with Crippen LogP contribution in [0, 0.1) is 12.3 Å². The van der Waals surface area contributed by atoms with E-state index in [1.54, 1.807) is 10.7 Å². The number of anilines is 2. The van der Waals surface area contributed by atoms with Gasteiger partial charge in [0.1, 0.15) is 0 Å². The normalized spacial score (nSPS) is 19.1. The van der Waals surface area contributed by atoms with Gasteiger partial charge in [0.05, 0.1) is 28.6 Å². The molecule has 0 atom stereocenters. The van der Waals surface area contributed by atoms with Crippen LogP contribution in [0.15, 0.2) is 61.1 Å². The fourth-order valence-corrected chi connectivity index (χ4v) is 6.63. The topological polar surface area (TPSA) is 82.8 Å². The van der Waals surface area contributed by atoms with Crippen molar-refractivity contribution in [3.8, 4) is 11.3 Å². The maximum Gasteiger partial charge on any atom is 0.259 e. The second-order valence-corrected chi connectivity index (χ2v) is 12.0. The van der Waals surface area contributed by atoms with Crippen LogP contribution in [-0.4, -0.2) is 50.7 Å². The summed E-state index contributed by atoms with van der Waals surface area (Å²) in [6.07, 6.45) is 5.68. The predicted octanol–water partition coefficient (Wildman–Crippen LogP) is 5.82. The summed E-state index contributed by atoms with van der Waals surface area (Å²) < 4.78 is 27.2. The third kappa shape index (κ3) is 4.52. The first-order chi connectivity index (χ1) is 19.2. The predicted molar refractivity (Wildman–Crippen MR) is 149 cm³/mol. The molecule has 3 aromatic heterocycles. The molecule has 9 heteroatoms. The first kappa shape index (κ1) is 25.1. The fraction of sp³-hybridized carbons (Fsp3) is 0.387. The number of amides is 1. The van der Waals surface area contributed by atoms with E-state index in [4.69, 9.17) is 0 Å². The van der Waals surface area contributed by atoms with Gasteiger partial charge in [-0.2, -0.15) is 5.10 Å². The number of aromatic nitrogens is 3. The number of rotatable bonds is 7. The van der Waals surface area contributed by atoms with Crippen LogP contribution in [0.3, 0.4) is 0 Å². The highest BCUT2D eigenvalue weighted by atomic mass is 19.3. The van der Waals surface area contributed by atoms with Crippen LogP contribution in [0.5, 0.6) is 0 Å². The molecule has 206 valence electrons. The minimum absolute atomic E-state index is 0.105. The molecule has 0 unspecified atom stereocenters. The highest BCUT2D eigenvalue weighted by Crippen LogP contribution is 2.56. The standard InChI is InChI=1S/C31H31F2N5O2/c1-19-2-3-21(25-7-6-22(13-34-25)20-4-5-20)10-26(19)36-29(39)24-14-35-38-9-8-23(11-27(24)38)37-17-30(18-37)15-31(40,16-30)12-28(32)33/h2-3,6-11,13-14,20,28,40H,4-5,12,15-18H2,1H3,(H,36,39). The number of carbonyl (C=O) groups is 1. The Morgan fingerprint density at radius 3 is 2.62 bits per heavy atom. The smallest absolute Gasteiger partial charge is 0.259 e. The number of hydrogen-bond donors (Lipinski definition) is 2. The van der Waals surface area contributed by atoms with Gasteiger partial charge in [0.15, 0.2) is 0 Å². The molecule has 1 spiro atoms. The third-order valence-corrected chi connectivity index (χ3v) is 8.73. The molecule has 4 aromatic rings. The Balaban J connectivity index is 1.07. The minimum Gasteiger partial charge on any atom is -0.390 e. The van der Waals surface area contributed by atoms with Gasteiger partial charge in [-0.1, -0.05) is 18.2 Å². The second kappa shape index (κ2) is 9.09. The molecule has 40 heavy (non-hydrogen) atoms.